The Balaban J connectivity index is 1.78. The summed E-state index contributed by atoms with van der Waals surface area (Å²) in [5.41, 5.74) is 1.12. The highest BCUT2D eigenvalue weighted by atomic mass is 32.2. The van der Waals surface area contributed by atoms with E-state index < -0.39 is 15.9 Å². The number of nitrogens with zero attached hydrogens (tertiary/aromatic N) is 4. The Kier molecular flexibility index (Phi) is 4.49. The van der Waals surface area contributed by atoms with Crippen molar-refractivity contribution in [1.82, 2.24) is 24.9 Å². The Morgan fingerprint density at radius 2 is 2.00 bits per heavy atom. The van der Waals surface area contributed by atoms with Crippen molar-refractivity contribution in [2.75, 3.05) is 0 Å². The van der Waals surface area contributed by atoms with Crippen molar-refractivity contribution in [2.45, 2.75) is 0 Å². The summed E-state index contributed by atoms with van der Waals surface area (Å²) in [6.45, 7) is 0. The number of hydrogen-bond donors (Lipinski definition) is 1. The molecule has 0 fully saturated rings. The quantitative estimate of drug-likeness (QED) is 0.737. The van der Waals surface area contributed by atoms with Crippen molar-refractivity contribution in [3.05, 3.63) is 64.0 Å². The van der Waals surface area contributed by atoms with Gasteiger partial charge in [0.15, 0.2) is 0 Å². The lowest BCUT2D eigenvalue weighted by atomic mass is 10.2. The van der Waals surface area contributed by atoms with Gasteiger partial charge in [0.1, 0.15) is 11.2 Å². The standard InChI is InChI=1S/C14H11N5O3S2/c20-14(13-12(6-8-23-13)19-10-15-17-18-19)16-24(21,22)9-7-11-4-2-1-3-5-11/h1-10H,(H,16,20)/b9-7+. The van der Waals surface area contributed by atoms with Crippen LogP contribution in [0.15, 0.2) is 53.5 Å². The maximum Gasteiger partial charge on any atom is 0.277 e. The van der Waals surface area contributed by atoms with Crippen LogP contribution in [0.4, 0.5) is 0 Å². The number of carbonyl (C=O) groups is 1. The van der Waals surface area contributed by atoms with Crippen molar-refractivity contribution in [3.8, 4) is 5.69 Å². The van der Waals surface area contributed by atoms with Crippen LogP contribution in [0.1, 0.15) is 15.2 Å². The van der Waals surface area contributed by atoms with Crippen LogP contribution in [0, 0.1) is 0 Å². The zero-order valence-electron chi connectivity index (χ0n) is 12.1. The molecule has 0 aliphatic heterocycles. The minimum absolute atomic E-state index is 0.194. The molecule has 0 bridgehead atoms. The molecule has 3 rings (SSSR count). The topological polar surface area (TPSA) is 107 Å². The van der Waals surface area contributed by atoms with Crippen LogP contribution >= 0.6 is 11.3 Å². The third-order valence-corrected chi connectivity index (χ3v) is 4.79. The highest BCUT2D eigenvalue weighted by Crippen LogP contribution is 2.20. The van der Waals surface area contributed by atoms with E-state index in [0.717, 1.165) is 16.7 Å². The molecule has 2 heterocycles. The summed E-state index contributed by atoms with van der Waals surface area (Å²) in [6, 6.07) is 10.5. The number of hydrogen-bond acceptors (Lipinski definition) is 7. The van der Waals surface area contributed by atoms with Gasteiger partial charge in [-0.25, -0.2) is 13.1 Å². The number of benzene rings is 1. The van der Waals surface area contributed by atoms with Gasteiger partial charge >= 0.3 is 0 Å². The lowest BCUT2D eigenvalue weighted by Gasteiger charge is -2.04. The second kappa shape index (κ2) is 6.72. The van der Waals surface area contributed by atoms with Gasteiger partial charge in [0, 0.05) is 0 Å². The van der Waals surface area contributed by atoms with Crippen molar-refractivity contribution in [1.29, 1.82) is 0 Å². The Bertz CT molecular complexity index is 963. The van der Waals surface area contributed by atoms with E-state index in [4.69, 9.17) is 0 Å². The number of tetrazole rings is 1. The predicted octanol–water partition coefficient (Wildman–Crippen LogP) is 1.45. The Morgan fingerprint density at radius 1 is 1.21 bits per heavy atom. The molecule has 0 spiro atoms. The van der Waals surface area contributed by atoms with Gasteiger partial charge in [-0.3, -0.25) is 4.79 Å². The summed E-state index contributed by atoms with van der Waals surface area (Å²) >= 11 is 1.09. The first-order chi connectivity index (χ1) is 11.6. The smallest absolute Gasteiger partial charge is 0.267 e. The monoisotopic (exact) mass is 361 g/mol. The van der Waals surface area contributed by atoms with E-state index in [2.05, 4.69) is 15.5 Å². The van der Waals surface area contributed by atoms with E-state index in [-0.39, 0.29) is 4.88 Å². The summed E-state index contributed by atoms with van der Waals surface area (Å²) in [5.74, 6) is -0.742. The number of thiophene rings is 1. The maximum atomic E-state index is 12.3. The summed E-state index contributed by atoms with van der Waals surface area (Å²) < 4.78 is 27.4. The van der Waals surface area contributed by atoms with E-state index in [1.54, 1.807) is 35.7 Å². The molecule has 1 aromatic carbocycles. The van der Waals surface area contributed by atoms with Gasteiger partial charge in [-0.2, -0.15) is 4.68 Å². The summed E-state index contributed by atoms with van der Waals surface area (Å²) in [4.78, 5) is 12.4. The Hall–Kier alpha value is -2.85. The average molecular weight is 361 g/mol. The lowest BCUT2D eigenvalue weighted by molar-refractivity contribution is 0.0985. The summed E-state index contributed by atoms with van der Waals surface area (Å²) in [6.07, 6.45) is 2.73. The molecular formula is C14H11N5O3S2. The van der Waals surface area contributed by atoms with Crippen molar-refractivity contribution in [2.24, 2.45) is 0 Å². The van der Waals surface area contributed by atoms with E-state index in [1.807, 2.05) is 10.8 Å². The predicted molar refractivity (Wildman–Crippen MR) is 88.9 cm³/mol. The molecule has 2 aromatic heterocycles. The highest BCUT2D eigenvalue weighted by molar-refractivity contribution is 7.93. The van der Waals surface area contributed by atoms with Crippen LogP contribution in [0.5, 0.6) is 0 Å². The Morgan fingerprint density at radius 3 is 2.71 bits per heavy atom. The molecule has 1 N–H and O–H groups in total. The minimum Gasteiger partial charge on any atom is -0.267 e. The highest BCUT2D eigenvalue weighted by Gasteiger charge is 2.19. The molecule has 1 amide bonds. The van der Waals surface area contributed by atoms with Crippen LogP contribution in [0.2, 0.25) is 0 Å². The zero-order chi connectivity index (χ0) is 17.0. The largest absolute Gasteiger partial charge is 0.277 e. The van der Waals surface area contributed by atoms with Crippen molar-refractivity contribution in [3.63, 3.8) is 0 Å². The molecule has 0 saturated heterocycles. The van der Waals surface area contributed by atoms with Crippen molar-refractivity contribution >= 4 is 33.3 Å². The van der Waals surface area contributed by atoms with Gasteiger partial charge in [0.2, 0.25) is 0 Å². The summed E-state index contributed by atoms with van der Waals surface area (Å²) in [7, 11) is -3.92. The molecule has 122 valence electrons. The molecule has 0 saturated carbocycles. The maximum absolute atomic E-state index is 12.3. The van der Waals surface area contributed by atoms with Gasteiger partial charge in [-0.15, -0.1) is 16.4 Å². The minimum atomic E-state index is -3.92. The van der Waals surface area contributed by atoms with Crippen LogP contribution in [0.25, 0.3) is 11.8 Å². The van der Waals surface area contributed by atoms with Crippen molar-refractivity contribution < 1.29 is 13.2 Å². The summed E-state index contributed by atoms with van der Waals surface area (Å²) in [5, 5.41) is 13.3. The number of aromatic nitrogens is 4. The van der Waals surface area contributed by atoms with Crippen LogP contribution in [-0.4, -0.2) is 34.5 Å². The first kappa shape index (κ1) is 16.0. The van der Waals surface area contributed by atoms with E-state index in [0.29, 0.717) is 11.3 Å². The zero-order valence-corrected chi connectivity index (χ0v) is 13.7. The molecular weight excluding hydrogens is 350 g/mol. The first-order valence-electron chi connectivity index (χ1n) is 6.66. The van der Waals surface area contributed by atoms with Crippen LogP contribution < -0.4 is 4.72 Å². The molecule has 0 aliphatic carbocycles. The normalized spacial score (nSPS) is 11.7. The van der Waals surface area contributed by atoms with Gasteiger partial charge < -0.3 is 0 Å². The van der Waals surface area contributed by atoms with Gasteiger partial charge in [0.05, 0.1) is 11.1 Å². The second-order valence-electron chi connectivity index (χ2n) is 4.58. The number of sulfonamides is 1. The van der Waals surface area contributed by atoms with Gasteiger partial charge in [-0.05, 0) is 33.5 Å². The lowest BCUT2D eigenvalue weighted by Crippen LogP contribution is -2.28. The van der Waals surface area contributed by atoms with Gasteiger partial charge in [0.25, 0.3) is 15.9 Å². The fraction of sp³-hybridized carbons (Fsp3) is 0. The number of rotatable bonds is 5. The molecule has 24 heavy (non-hydrogen) atoms. The Labute approximate surface area is 141 Å². The number of carbonyl (C=O) groups excluding carboxylic acids is 1. The molecule has 0 unspecified atom stereocenters. The molecule has 3 aromatic rings. The molecule has 0 aliphatic rings. The van der Waals surface area contributed by atoms with Crippen LogP contribution in [-0.2, 0) is 10.0 Å². The van der Waals surface area contributed by atoms with Gasteiger partial charge in [-0.1, -0.05) is 30.3 Å². The van der Waals surface area contributed by atoms with E-state index in [9.17, 15) is 13.2 Å². The number of nitrogens with one attached hydrogen (secondary N) is 1. The first-order valence-corrected chi connectivity index (χ1v) is 9.09. The fourth-order valence-corrected chi connectivity index (χ4v) is 3.47. The second-order valence-corrected chi connectivity index (χ2v) is 7.06. The molecule has 0 atom stereocenters. The molecule has 10 heteroatoms. The average Bonchev–Trinajstić information content (AvgIpc) is 3.24. The van der Waals surface area contributed by atoms with E-state index in [1.165, 1.54) is 17.1 Å². The molecule has 8 nitrogen and oxygen atoms in total. The molecule has 0 radical (unpaired) electrons. The third-order valence-electron chi connectivity index (χ3n) is 2.92. The fourth-order valence-electron chi connectivity index (χ4n) is 1.87. The van der Waals surface area contributed by atoms with Crippen LogP contribution in [0.3, 0.4) is 0 Å². The van der Waals surface area contributed by atoms with E-state index >= 15 is 0 Å². The third kappa shape index (κ3) is 3.73. The SMILES string of the molecule is O=C(NS(=O)(=O)/C=C/c1ccccc1)c1sccc1-n1cnnn1. The number of amides is 1.